The second kappa shape index (κ2) is 6.23. The maximum absolute atomic E-state index is 11.8. The number of carbonyl (C=O) groups is 1. The predicted octanol–water partition coefficient (Wildman–Crippen LogP) is 3.13. The molecule has 1 amide bonds. The van der Waals surface area contributed by atoms with Crippen molar-refractivity contribution in [3.05, 3.63) is 42.5 Å². The van der Waals surface area contributed by atoms with Gasteiger partial charge in [-0.3, -0.25) is 4.79 Å². The van der Waals surface area contributed by atoms with Gasteiger partial charge in [-0.25, -0.2) is 0 Å². The summed E-state index contributed by atoms with van der Waals surface area (Å²) < 4.78 is 5.77. The molecule has 2 aromatic carbocycles. The SMILES string of the molecule is CCCNC(=O)C(C)Oc1cccc2ccccc12. The highest BCUT2D eigenvalue weighted by Crippen LogP contribution is 2.25. The molecule has 1 atom stereocenters. The van der Waals surface area contributed by atoms with Crippen molar-refractivity contribution in [3.63, 3.8) is 0 Å². The summed E-state index contributed by atoms with van der Waals surface area (Å²) in [6.07, 6.45) is 0.435. The average molecular weight is 257 g/mol. The van der Waals surface area contributed by atoms with Gasteiger partial charge in [-0.1, -0.05) is 43.3 Å². The van der Waals surface area contributed by atoms with Gasteiger partial charge in [0.2, 0.25) is 0 Å². The molecule has 0 radical (unpaired) electrons. The minimum atomic E-state index is -0.489. The maximum Gasteiger partial charge on any atom is 0.260 e. The third-order valence-corrected chi connectivity index (χ3v) is 2.97. The molecule has 3 heteroatoms. The van der Waals surface area contributed by atoms with Crippen LogP contribution < -0.4 is 10.1 Å². The monoisotopic (exact) mass is 257 g/mol. The number of carbonyl (C=O) groups excluding carboxylic acids is 1. The summed E-state index contributed by atoms with van der Waals surface area (Å²) in [7, 11) is 0. The van der Waals surface area contributed by atoms with Gasteiger partial charge < -0.3 is 10.1 Å². The van der Waals surface area contributed by atoms with Gasteiger partial charge in [0, 0.05) is 11.9 Å². The van der Waals surface area contributed by atoms with Crippen LogP contribution in [0.3, 0.4) is 0 Å². The average Bonchev–Trinajstić information content (AvgIpc) is 2.45. The molecular formula is C16H19NO2. The molecule has 0 saturated heterocycles. The van der Waals surface area contributed by atoms with Crippen LogP contribution in [-0.4, -0.2) is 18.6 Å². The van der Waals surface area contributed by atoms with E-state index < -0.39 is 6.10 Å². The first kappa shape index (κ1) is 13.4. The molecule has 0 aliphatic heterocycles. The number of benzene rings is 2. The van der Waals surface area contributed by atoms with Gasteiger partial charge in [0.25, 0.3) is 5.91 Å². The predicted molar refractivity (Wildman–Crippen MR) is 77.3 cm³/mol. The van der Waals surface area contributed by atoms with E-state index in [1.54, 1.807) is 6.92 Å². The molecule has 1 unspecified atom stereocenters. The first-order chi connectivity index (χ1) is 9.22. The van der Waals surface area contributed by atoms with Crippen LogP contribution >= 0.6 is 0 Å². The van der Waals surface area contributed by atoms with E-state index >= 15 is 0 Å². The number of rotatable bonds is 5. The van der Waals surface area contributed by atoms with Crippen LogP contribution in [0.25, 0.3) is 10.8 Å². The number of ether oxygens (including phenoxy) is 1. The van der Waals surface area contributed by atoms with E-state index in [0.29, 0.717) is 6.54 Å². The lowest BCUT2D eigenvalue weighted by atomic mass is 10.1. The summed E-state index contributed by atoms with van der Waals surface area (Å²) in [5, 5.41) is 4.98. The van der Waals surface area contributed by atoms with Crippen molar-refractivity contribution in [2.45, 2.75) is 26.4 Å². The van der Waals surface area contributed by atoms with Crippen LogP contribution in [0.2, 0.25) is 0 Å². The van der Waals surface area contributed by atoms with Crippen molar-refractivity contribution in [2.75, 3.05) is 6.54 Å². The fourth-order valence-corrected chi connectivity index (χ4v) is 1.93. The van der Waals surface area contributed by atoms with Crippen LogP contribution in [0.4, 0.5) is 0 Å². The largest absolute Gasteiger partial charge is 0.480 e. The van der Waals surface area contributed by atoms with Crippen molar-refractivity contribution in [2.24, 2.45) is 0 Å². The quantitative estimate of drug-likeness (QED) is 0.893. The van der Waals surface area contributed by atoms with Gasteiger partial charge in [-0.2, -0.15) is 0 Å². The van der Waals surface area contributed by atoms with Gasteiger partial charge in [-0.05, 0) is 24.8 Å². The topological polar surface area (TPSA) is 38.3 Å². The molecule has 0 aromatic heterocycles. The molecule has 100 valence electrons. The molecule has 2 rings (SSSR count). The summed E-state index contributed by atoms with van der Waals surface area (Å²) in [4.78, 5) is 11.8. The van der Waals surface area contributed by atoms with Gasteiger partial charge in [0.15, 0.2) is 6.10 Å². The van der Waals surface area contributed by atoms with Crippen LogP contribution in [0.15, 0.2) is 42.5 Å². The Kier molecular flexibility index (Phi) is 4.39. The lowest BCUT2D eigenvalue weighted by molar-refractivity contribution is -0.127. The molecule has 0 bridgehead atoms. The molecule has 0 heterocycles. The van der Waals surface area contributed by atoms with Crippen molar-refractivity contribution in [3.8, 4) is 5.75 Å². The molecule has 0 saturated carbocycles. The van der Waals surface area contributed by atoms with Crippen LogP contribution in [-0.2, 0) is 4.79 Å². The third-order valence-electron chi connectivity index (χ3n) is 2.97. The molecule has 0 spiro atoms. The Balaban J connectivity index is 2.15. The first-order valence-corrected chi connectivity index (χ1v) is 6.64. The number of hydrogen-bond acceptors (Lipinski definition) is 2. The Morgan fingerprint density at radius 1 is 1.21 bits per heavy atom. The Hall–Kier alpha value is -2.03. The zero-order valence-corrected chi connectivity index (χ0v) is 11.3. The van der Waals surface area contributed by atoms with Gasteiger partial charge in [0.05, 0.1) is 0 Å². The van der Waals surface area contributed by atoms with Crippen molar-refractivity contribution < 1.29 is 9.53 Å². The second-order valence-electron chi connectivity index (χ2n) is 4.53. The summed E-state index contributed by atoms with van der Waals surface area (Å²) >= 11 is 0. The molecule has 0 aliphatic rings. The van der Waals surface area contributed by atoms with Crippen molar-refractivity contribution in [1.29, 1.82) is 0 Å². The van der Waals surface area contributed by atoms with Gasteiger partial charge >= 0.3 is 0 Å². The zero-order chi connectivity index (χ0) is 13.7. The smallest absolute Gasteiger partial charge is 0.260 e. The molecule has 2 aromatic rings. The van der Waals surface area contributed by atoms with E-state index in [-0.39, 0.29) is 5.91 Å². The molecule has 19 heavy (non-hydrogen) atoms. The molecule has 1 N–H and O–H groups in total. The summed E-state index contributed by atoms with van der Waals surface area (Å²) in [6, 6.07) is 13.9. The standard InChI is InChI=1S/C16H19NO2/c1-3-11-17-16(18)12(2)19-15-10-6-8-13-7-4-5-9-14(13)15/h4-10,12H,3,11H2,1-2H3,(H,17,18). The first-order valence-electron chi connectivity index (χ1n) is 6.64. The summed E-state index contributed by atoms with van der Waals surface area (Å²) in [6.45, 7) is 4.48. The van der Waals surface area contributed by atoms with E-state index in [1.807, 2.05) is 49.4 Å². The van der Waals surface area contributed by atoms with E-state index in [1.165, 1.54) is 0 Å². The number of fused-ring (bicyclic) bond motifs is 1. The highest BCUT2D eigenvalue weighted by Gasteiger charge is 2.14. The summed E-state index contributed by atoms with van der Waals surface area (Å²) in [5.41, 5.74) is 0. The Bertz CT molecular complexity index is 560. The third kappa shape index (κ3) is 3.25. The molecular weight excluding hydrogens is 238 g/mol. The Morgan fingerprint density at radius 3 is 2.74 bits per heavy atom. The minimum absolute atomic E-state index is 0.0743. The maximum atomic E-state index is 11.8. The van der Waals surface area contributed by atoms with Crippen LogP contribution in [0, 0.1) is 0 Å². The van der Waals surface area contributed by atoms with E-state index in [4.69, 9.17) is 4.74 Å². The molecule has 0 fully saturated rings. The van der Waals surface area contributed by atoms with Crippen molar-refractivity contribution in [1.82, 2.24) is 5.32 Å². The normalized spacial score (nSPS) is 12.1. The van der Waals surface area contributed by atoms with E-state index in [2.05, 4.69) is 5.32 Å². The highest BCUT2D eigenvalue weighted by atomic mass is 16.5. The fourth-order valence-electron chi connectivity index (χ4n) is 1.93. The van der Waals surface area contributed by atoms with Crippen LogP contribution in [0.1, 0.15) is 20.3 Å². The molecule has 3 nitrogen and oxygen atoms in total. The van der Waals surface area contributed by atoms with Gasteiger partial charge in [-0.15, -0.1) is 0 Å². The number of nitrogens with one attached hydrogen (secondary N) is 1. The van der Waals surface area contributed by atoms with Gasteiger partial charge in [0.1, 0.15) is 5.75 Å². The Labute approximate surface area is 113 Å². The highest BCUT2D eigenvalue weighted by molar-refractivity contribution is 5.89. The number of hydrogen-bond donors (Lipinski definition) is 1. The van der Waals surface area contributed by atoms with E-state index in [9.17, 15) is 4.79 Å². The fraction of sp³-hybridized carbons (Fsp3) is 0.312. The summed E-state index contributed by atoms with van der Waals surface area (Å²) in [5.74, 6) is 0.673. The minimum Gasteiger partial charge on any atom is -0.480 e. The number of amides is 1. The van der Waals surface area contributed by atoms with E-state index in [0.717, 1.165) is 22.9 Å². The second-order valence-corrected chi connectivity index (χ2v) is 4.53. The van der Waals surface area contributed by atoms with Crippen LogP contribution in [0.5, 0.6) is 5.75 Å². The Morgan fingerprint density at radius 2 is 1.95 bits per heavy atom. The lowest BCUT2D eigenvalue weighted by Crippen LogP contribution is -2.36. The van der Waals surface area contributed by atoms with Crippen molar-refractivity contribution >= 4 is 16.7 Å². The molecule has 0 aliphatic carbocycles. The zero-order valence-electron chi connectivity index (χ0n) is 11.3. The lowest BCUT2D eigenvalue weighted by Gasteiger charge is -2.16.